The molecule has 2 fully saturated rings. The number of ether oxygens (including phenoxy) is 5. The van der Waals surface area contributed by atoms with E-state index in [1.165, 1.54) is 56.6 Å². The summed E-state index contributed by atoms with van der Waals surface area (Å²) in [5.41, 5.74) is 4.33. The lowest BCUT2D eigenvalue weighted by Crippen LogP contribution is -2.38. The SMILES string of the molecule is C=CC(=O)OCCCCCCC1CCC(c2ccc(-c3ccc(C(=O)Oc4ccc(C5O[C@@H](C(=O)O)[C@H](C(=O)OCCCC)O5)cc4)cc3)cc2)CC1. The van der Waals surface area contributed by atoms with E-state index in [9.17, 15) is 24.3 Å². The predicted octanol–water partition coefficient (Wildman–Crippen LogP) is 8.74. The van der Waals surface area contributed by atoms with Gasteiger partial charge in [-0.1, -0.05) is 94.1 Å². The number of carboxylic acids is 1. The van der Waals surface area contributed by atoms with Crippen molar-refractivity contribution in [2.75, 3.05) is 13.2 Å². The van der Waals surface area contributed by atoms with Crippen LogP contribution in [0, 0.1) is 5.92 Å². The highest BCUT2D eigenvalue weighted by atomic mass is 16.7. The van der Waals surface area contributed by atoms with Gasteiger partial charge in [0.2, 0.25) is 0 Å². The van der Waals surface area contributed by atoms with Crippen LogP contribution in [0.2, 0.25) is 0 Å². The normalized spacial score (nSPS) is 21.0. The summed E-state index contributed by atoms with van der Waals surface area (Å²) < 4.78 is 26.9. The lowest BCUT2D eigenvalue weighted by molar-refractivity contribution is -0.161. The second-order valence-electron chi connectivity index (χ2n) is 13.8. The van der Waals surface area contributed by atoms with Crippen LogP contribution in [0.1, 0.15) is 111 Å². The third-order valence-electron chi connectivity index (χ3n) is 10.00. The van der Waals surface area contributed by atoms with Crippen molar-refractivity contribution in [3.63, 3.8) is 0 Å². The van der Waals surface area contributed by atoms with Gasteiger partial charge in [-0.05, 0) is 91.3 Å². The molecule has 1 heterocycles. The smallest absolute Gasteiger partial charge is 0.343 e. The maximum absolute atomic E-state index is 12.9. The van der Waals surface area contributed by atoms with Gasteiger partial charge in [0.15, 0.2) is 18.5 Å². The molecule has 2 aliphatic rings. The summed E-state index contributed by atoms with van der Waals surface area (Å²) >= 11 is 0. The van der Waals surface area contributed by atoms with Crippen LogP contribution in [0.3, 0.4) is 0 Å². The molecule has 1 aliphatic heterocycles. The fourth-order valence-electron chi connectivity index (χ4n) is 6.87. The van der Waals surface area contributed by atoms with E-state index in [-0.39, 0.29) is 18.3 Å². The van der Waals surface area contributed by atoms with Gasteiger partial charge in [-0.3, -0.25) is 0 Å². The summed E-state index contributed by atoms with van der Waals surface area (Å²) in [6.07, 6.45) is 9.33. The molecular weight excluding hydrogens is 676 g/mol. The van der Waals surface area contributed by atoms with Crippen LogP contribution < -0.4 is 4.74 Å². The topological polar surface area (TPSA) is 135 Å². The number of carbonyl (C=O) groups excluding carboxylic acids is 3. The molecule has 0 radical (unpaired) electrons. The monoisotopic (exact) mass is 726 g/mol. The fourth-order valence-corrected chi connectivity index (χ4v) is 6.87. The molecule has 10 heteroatoms. The maximum Gasteiger partial charge on any atom is 0.343 e. The Labute approximate surface area is 311 Å². The number of carboxylic acid groups (broad SMARTS) is 1. The number of unbranched alkanes of at least 4 members (excludes halogenated alkanes) is 4. The minimum atomic E-state index is -1.50. The van der Waals surface area contributed by atoms with Crippen molar-refractivity contribution in [1.82, 2.24) is 0 Å². The van der Waals surface area contributed by atoms with Crippen LogP contribution in [0.5, 0.6) is 5.75 Å². The van der Waals surface area contributed by atoms with Crippen LogP contribution >= 0.6 is 0 Å². The fraction of sp³-hybridized carbons (Fsp3) is 0.442. The van der Waals surface area contributed by atoms with E-state index >= 15 is 0 Å². The Bertz CT molecular complexity index is 1660. The van der Waals surface area contributed by atoms with Gasteiger partial charge in [0, 0.05) is 11.6 Å². The van der Waals surface area contributed by atoms with Crippen molar-refractivity contribution in [3.8, 4) is 16.9 Å². The van der Waals surface area contributed by atoms with Crippen LogP contribution in [-0.4, -0.2) is 54.4 Å². The summed E-state index contributed by atoms with van der Waals surface area (Å²) in [5, 5.41) is 9.54. The Morgan fingerprint density at radius 2 is 1.34 bits per heavy atom. The van der Waals surface area contributed by atoms with E-state index in [0.717, 1.165) is 36.3 Å². The number of benzene rings is 3. The highest BCUT2D eigenvalue weighted by molar-refractivity contribution is 5.91. The predicted molar refractivity (Wildman–Crippen MR) is 198 cm³/mol. The van der Waals surface area contributed by atoms with Gasteiger partial charge in [0.05, 0.1) is 18.8 Å². The van der Waals surface area contributed by atoms with Gasteiger partial charge < -0.3 is 28.8 Å². The largest absolute Gasteiger partial charge is 0.479 e. The van der Waals surface area contributed by atoms with Crippen LogP contribution in [0.25, 0.3) is 11.1 Å². The zero-order valence-corrected chi connectivity index (χ0v) is 30.4. The van der Waals surface area contributed by atoms with Crippen LogP contribution in [-0.2, 0) is 33.3 Å². The molecule has 1 saturated heterocycles. The van der Waals surface area contributed by atoms with Gasteiger partial charge in [-0.2, -0.15) is 0 Å². The molecule has 1 N–H and O–H groups in total. The second-order valence-corrected chi connectivity index (χ2v) is 13.8. The number of rotatable bonds is 18. The van der Waals surface area contributed by atoms with E-state index in [0.29, 0.717) is 30.1 Å². The van der Waals surface area contributed by atoms with Gasteiger partial charge in [0.25, 0.3) is 0 Å². The second kappa shape index (κ2) is 19.9. The zero-order valence-electron chi connectivity index (χ0n) is 30.4. The van der Waals surface area contributed by atoms with Crippen molar-refractivity contribution in [2.24, 2.45) is 5.92 Å². The Morgan fingerprint density at radius 3 is 1.98 bits per heavy atom. The molecule has 10 nitrogen and oxygen atoms in total. The third-order valence-corrected chi connectivity index (χ3v) is 10.00. The lowest BCUT2D eigenvalue weighted by Gasteiger charge is -2.29. The molecule has 3 aromatic carbocycles. The average Bonchev–Trinajstić information content (AvgIpc) is 3.65. The first-order valence-corrected chi connectivity index (χ1v) is 18.8. The van der Waals surface area contributed by atoms with E-state index < -0.39 is 36.4 Å². The minimum absolute atomic E-state index is 0.174. The van der Waals surface area contributed by atoms with E-state index in [2.05, 4.69) is 30.8 Å². The highest BCUT2D eigenvalue weighted by Crippen LogP contribution is 2.38. The quantitative estimate of drug-likeness (QED) is 0.0587. The molecule has 53 heavy (non-hydrogen) atoms. The van der Waals surface area contributed by atoms with Crippen molar-refractivity contribution in [3.05, 3.63) is 102 Å². The number of hydrogen-bond donors (Lipinski definition) is 1. The maximum atomic E-state index is 12.9. The number of aliphatic carboxylic acids is 1. The van der Waals surface area contributed by atoms with E-state index in [1.54, 1.807) is 36.4 Å². The lowest BCUT2D eigenvalue weighted by atomic mass is 9.77. The van der Waals surface area contributed by atoms with Gasteiger partial charge in [-0.15, -0.1) is 0 Å². The molecular formula is C43H50O10. The van der Waals surface area contributed by atoms with Crippen molar-refractivity contribution < 1.29 is 48.0 Å². The van der Waals surface area contributed by atoms with Crippen LogP contribution in [0.15, 0.2) is 85.5 Å². The molecule has 3 aromatic rings. The number of carbonyl (C=O) groups is 4. The molecule has 5 rings (SSSR count). The van der Waals surface area contributed by atoms with Crippen molar-refractivity contribution in [2.45, 2.75) is 102 Å². The van der Waals surface area contributed by atoms with Gasteiger partial charge >= 0.3 is 23.9 Å². The Morgan fingerprint density at radius 1 is 0.736 bits per heavy atom. The summed E-state index contributed by atoms with van der Waals surface area (Å²) in [5.74, 6) is -1.30. The van der Waals surface area contributed by atoms with E-state index in [4.69, 9.17) is 23.7 Å². The molecule has 0 aromatic heterocycles. The van der Waals surface area contributed by atoms with Gasteiger partial charge in [0.1, 0.15) is 5.75 Å². The first-order valence-electron chi connectivity index (χ1n) is 18.8. The summed E-state index contributed by atoms with van der Waals surface area (Å²) in [6.45, 7) is 6.01. The molecule has 1 saturated carbocycles. The molecule has 1 unspecified atom stereocenters. The number of esters is 3. The zero-order chi connectivity index (χ0) is 37.6. The van der Waals surface area contributed by atoms with Crippen molar-refractivity contribution in [1.29, 1.82) is 0 Å². The van der Waals surface area contributed by atoms with E-state index in [1.807, 2.05) is 19.1 Å². The third kappa shape index (κ3) is 11.3. The minimum Gasteiger partial charge on any atom is -0.479 e. The summed E-state index contributed by atoms with van der Waals surface area (Å²) in [7, 11) is 0. The molecule has 1 aliphatic carbocycles. The molecule has 0 amide bonds. The summed E-state index contributed by atoms with van der Waals surface area (Å²) in [4.78, 5) is 48.1. The average molecular weight is 727 g/mol. The molecule has 0 spiro atoms. The van der Waals surface area contributed by atoms with Gasteiger partial charge in [-0.25, -0.2) is 19.2 Å². The summed E-state index contributed by atoms with van der Waals surface area (Å²) in [6, 6.07) is 22.4. The Hall–Kier alpha value is -4.80. The Balaban J connectivity index is 1.05. The first kappa shape index (κ1) is 39.4. The Kier molecular flexibility index (Phi) is 14.8. The van der Waals surface area contributed by atoms with Crippen LogP contribution in [0.4, 0.5) is 0 Å². The number of hydrogen-bond acceptors (Lipinski definition) is 9. The van der Waals surface area contributed by atoms with Crippen molar-refractivity contribution >= 4 is 23.9 Å². The molecule has 0 bridgehead atoms. The standard InChI is InChI=1S/C43H50O10/c1-3-5-27-50-42(48)39-38(40(45)46)52-43(53-39)35-23-25-36(26-24-35)51-41(47)34-21-19-33(20-22-34)32-17-15-31(16-18-32)30-13-11-29(12-14-30)10-8-6-7-9-28-49-37(44)4-2/h4,15-26,29-30,38-39,43H,2-3,5-14,27-28H2,1H3,(H,45,46)/t29?,30?,38-,39-,43?/m1/s1. The first-order chi connectivity index (χ1) is 25.7. The molecule has 282 valence electrons. The highest BCUT2D eigenvalue weighted by Gasteiger charge is 2.47. The molecule has 3 atom stereocenters.